The maximum atomic E-state index is 13.0. The van der Waals surface area contributed by atoms with Crippen LogP contribution in [0, 0.1) is 11.6 Å². The van der Waals surface area contributed by atoms with Gasteiger partial charge in [0.1, 0.15) is 0 Å². The van der Waals surface area contributed by atoms with E-state index < -0.39 is 17.5 Å². The molecule has 0 saturated carbocycles. The smallest absolute Gasteiger partial charge is 0.248 e. The van der Waals surface area contributed by atoms with Crippen molar-refractivity contribution in [2.45, 2.75) is 6.92 Å². The monoisotopic (exact) mass is 316 g/mol. The van der Waals surface area contributed by atoms with E-state index in [9.17, 15) is 18.4 Å². The Balaban J connectivity index is 1.97. The Labute approximate surface area is 131 Å². The van der Waals surface area contributed by atoms with Gasteiger partial charge in [-0.05, 0) is 35.9 Å². The summed E-state index contributed by atoms with van der Waals surface area (Å²) in [5.41, 5.74) is 1.57. The number of carbonyl (C=O) groups is 2. The van der Waals surface area contributed by atoms with Gasteiger partial charge in [-0.25, -0.2) is 8.78 Å². The van der Waals surface area contributed by atoms with Gasteiger partial charge in [0.15, 0.2) is 11.6 Å². The van der Waals surface area contributed by atoms with Gasteiger partial charge >= 0.3 is 0 Å². The fraction of sp³-hybridized carbons (Fsp3) is 0.0588. The molecule has 0 aromatic heterocycles. The number of hydrogen-bond acceptors (Lipinski definition) is 2. The highest BCUT2D eigenvalue weighted by Gasteiger charge is 2.04. The topological polar surface area (TPSA) is 58.2 Å². The van der Waals surface area contributed by atoms with Crippen molar-refractivity contribution in [2.24, 2.45) is 0 Å². The molecular formula is C17H14F2N2O2. The Morgan fingerprint density at radius 2 is 1.57 bits per heavy atom. The lowest BCUT2D eigenvalue weighted by Crippen LogP contribution is -2.08. The van der Waals surface area contributed by atoms with Gasteiger partial charge in [-0.1, -0.05) is 12.1 Å². The summed E-state index contributed by atoms with van der Waals surface area (Å²) < 4.78 is 25.8. The number of benzene rings is 2. The summed E-state index contributed by atoms with van der Waals surface area (Å²) in [5, 5.41) is 5.06. The Bertz CT molecular complexity index is 756. The number of halogens is 2. The van der Waals surface area contributed by atoms with E-state index >= 15 is 0 Å². The van der Waals surface area contributed by atoms with Crippen LogP contribution in [0.15, 0.2) is 48.5 Å². The molecule has 0 spiro atoms. The van der Waals surface area contributed by atoms with Crippen molar-refractivity contribution in [3.63, 3.8) is 0 Å². The van der Waals surface area contributed by atoms with Gasteiger partial charge in [0.2, 0.25) is 11.8 Å². The quantitative estimate of drug-likeness (QED) is 0.847. The molecule has 23 heavy (non-hydrogen) atoms. The first kappa shape index (κ1) is 16.4. The molecule has 2 rings (SSSR count). The molecule has 0 aliphatic carbocycles. The molecule has 118 valence electrons. The summed E-state index contributed by atoms with van der Waals surface area (Å²) in [5.74, 6) is -2.64. The highest BCUT2D eigenvalue weighted by atomic mass is 19.2. The molecule has 2 aromatic carbocycles. The number of nitrogens with one attached hydrogen (secondary N) is 2. The van der Waals surface area contributed by atoms with E-state index in [2.05, 4.69) is 10.6 Å². The van der Waals surface area contributed by atoms with E-state index in [0.29, 0.717) is 5.69 Å². The molecule has 2 N–H and O–H groups in total. The molecule has 0 heterocycles. The normalized spacial score (nSPS) is 10.6. The molecule has 0 aliphatic heterocycles. The van der Waals surface area contributed by atoms with Crippen molar-refractivity contribution in [1.82, 2.24) is 0 Å². The lowest BCUT2D eigenvalue weighted by Gasteiger charge is -2.03. The minimum Gasteiger partial charge on any atom is -0.326 e. The lowest BCUT2D eigenvalue weighted by atomic mass is 10.2. The third kappa shape index (κ3) is 5.03. The number of carbonyl (C=O) groups excluding carboxylic acids is 2. The van der Waals surface area contributed by atoms with Crippen LogP contribution in [-0.4, -0.2) is 11.8 Å². The molecular weight excluding hydrogens is 302 g/mol. The van der Waals surface area contributed by atoms with Crippen LogP contribution in [0.3, 0.4) is 0 Å². The van der Waals surface area contributed by atoms with Gasteiger partial charge < -0.3 is 10.6 Å². The molecule has 2 amide bonds. The van der Waals surface area contributed by atoms with Gasteiger partial charge in [0, 0.05) is 30.4 Å². The first-order valence-electron chi connectivity index (χ1n) is 6.76. The average molecular weight is 316 g/mol. The van der Waals surface area contributed by atoms with Crippen LogP contribution in [0.25, 0.3) is 6.08 Å². The second-order valence-corrected chi connectivity index (χ2v) is 4.75. The maximum Gasteiger partial charge on any atom is 0.248 e. The summed E-state index contributed by atoms with van der Waals surface area (Å²) in [6, 6.07) is 9.98. The summed E-state index contributed by atoms with van der Waals surface area (Å²) in [4.78, 5) is 22.6. The van der Waals surface area contributed by atoms with Crippen molar-refractivity contribution in [1.29, 1.82) is 0 Å². The predicted octanol–water partition coefficient (Wildman–Crippen LogP) is 3.58. The van der Waals surface area contributed by atoms with Crippen molar-refractivity contribution in [3.05, 3.63) is 65.7 Å². The fourth-order valence-electron chi connectivity index (χ4n) is 1.81. The second-order valence-electron chi connectivity index (χ2n) is 4.75. The van der Waals surface area contributed by atoms with E-state index in [0.717, 1.165) is 17.7 Å². The van der Waals surface area contributed by atoms with E-state index in [1.54, 1.807) is 30.3 Å². The van der Waals surface area contributed by atoms with Crippen LogP contribution in [-0.2, 0) is 9.59 Å². The van der Waals surface area contributed by atoms with Gasteiger partial charge in [0.05, 0.1) is 0 Å². The third-order valence-corrected chi connectivity index (χ3v) is 2.85. The van der Waals surface area contributed by atoms with Crippen LogP contribution in [0.2, 0.25) is 0 Å². The summed E-state index contributed by atoms with van der Waals surface area (Å²) in [7, 11) is 0. The van der Waals surface area contributed by atoms with Gasteiger partial charge in [-0.15, -0.1) is 0 Å². The van der Waals surface area contributed by atoms with Crippen LogP contribution in [0.4, 0.5) is 20.2 Å². The highest BCUT2D eigenvalue weighted by Crippen LogP contribution is 2.14. The number of rotatable bonds is 4. The lowest BCUT2D eigenvalue weighted by molar-refractivity contribution is -0.114. The molecule has 0 bridgehead atoms. The van der Waals surface area contributed by atoms with Crippen LogP contribution in [0.5, 0.6) is 0 Å². The first-order valence-corrected chi connectivity index (χ1v) is 6.76. The van der Waals surface area contributed by atoms with Gasteiger partial charge in [0.25, 0.3) is 0 Å². The summed E-state index contributed by atoms with van der Waals surface area (Å²) in [6.07, 6.45) is 2.83. The molecule has 4 nitrogen and oxygen atoms in total. The Morgan fingerprint density at radius 1 is 0.913 bits per heavy atom. The van der Waals surface area contributed by atoms with Gasteiger partial charge in [-0.3, -0.25) is 9.59 Å². The standard InChI is InChI=1S/C17H14F2N2O2/c1-11(22)20-13-5-2-12(3-6-13)4-9-17(23)21-14-7-8-15(18)16(19)10-14/h2-10H,1H3,(H,20,22)(H,21,23)/b9-4+. The van der Waals surface area contributed by atoms with Crippen LogP contribution < -0.4 is 10.6 Å². The fourth-order valence-corrected chi connectivity index (χ4v) is 1.81. The molecule has 0 saturated heterocycles. The van der Waals surface area contributed by atoms with Crippen molar-refractivity contribution in [3.8, 4) is 0 Å². The number of hydrogen-bond donors (Lipinski definition) is 2. The minimum absolute atomic E-state index is 0.166. The predicted molar refractivity (Wildman–Crippen MR) is 84.8 cm³/mol. The van der Waals surface area contributed by atoms with E-state index in [1.165, 1.54) is 19.1 Å². The molecule has 2 aromatic rings. The maximum absolute atomic E-state index is 13.0. The van der Waals surface area contributed by atoms with E-state index in [-0.39, 0.29) is 11.6 Å². The number of anilines is 2. The summed E-state index contributed by atoms with van der Waals surface area (Å²) >= 11 is 0. The molecule has 0 fully saturated rings. The molecule has 0 radical (unpaired) electrons. The van der Waals surface area contributed by atoms with Crippen LogP contribution in [0.1, 0.15) is 12.5 Å². The van der Waals surface area contributed by atoms with Crippen LogP contribution >= 0.6 is 0 Å². The highest BCUT2D eigenvalue weighted by molar-refractivity contribution is 6.02. The third-order valence-electron chi connectivity index (χ3n) is 2.85. The zero-order valence-electron chi connectivity index (χ0n) is 12.3. The Kier molecular flexibility index (Phi) is 5.19. The number of amides is 2. The first-order chi connectivity index (χ1) is 10.9. The van der Waals surface area contributed by atoms with Crippen molar-refractivity contribution in [2.75, 3.05) is 10.6 Å². The summed E-state index contributed by atoms with van der Waals surface area (Å²) in [6.45, 7) is 1.41. The molecule has 0 atom stereocenters. The largest absolute Gasteiger partial charge is 0.326 e. The van der Waals surface area contributed by atoms with Crippen molar-refractivity contribution >= 4 is 29.3 Å². The zero-order chi connectivity index (χ0) is 16.8. The SMILES string of the molecule is CC(=O)Nc1ccc(/C=C/C(=O)Nc2ccc(F)c(F)c2)cc1. The van der Waals surface area contributed by atoms with E-state index in [1.807, 2.05) is 0 Å². The van der Waals surface area contributed by atoms with Crippen molar-refractivity contribution < 1.29 is 18.4 Å². The van der Waals surface area contributed by atoms with Gasteiger partial charge in [-0.2, -0.15) is 0 Å². The molecule has 6 heteroatoms. The minimum atomic E-state index is -1.03. The Hall–Kier alpha value is -3.02. The molecule has 0 aliphatic rings. The second kappa shape index (κ2) is 7.31. The van der Waals surface area contributed by atoms with E-state index in [4.69, 9.17) is 0 Å². The zero-order valence-corrected chi connectivity index (χ0v) is 12.3. The Morgan fingerprint density at radius 3 is 2.17 bits per heavy atom. The average Bonchev–Trinajstić information content (AvgIpc) is 2.50. The molecule has 0 unspecified atom stereocenters.